The smallest absolute Gasteiger partial charge is 0.334 e. The largest absolute Gasteiger partial charge is 0.487 e. The summed E-state index contributed by atoms with van der Waals surface area (Å²) in [5.74, 6) is -0.725. The van der Waals surface area contributed by atoms with Gasteiger partial charge in [-0.1, -0.05) is 6.07 Å². The second kappa shape index (κ2) is 7.62. The molecule has 2 aromatic rings. The molecule has 1 saturated heterocycles. The lowest BCUT2D eigenvalue weighted by atomic mass is 10.1. The van der Waals surface area contributed by atoms with Crippen LogP contribution in [0.1, 0.15) is 21.1 Å². The minimum atomic E-state index is -1.06. The van der Waals surface area contributed by atoms with Crippen LogP contribution in [0.5, 0.6) is 5.75 Å². The predicted molar refractivity (Wildman–Crippen MR) is 90.9 cm³/mol. The van der Waals surface area contributed by atoms with Gasteiger partial charge in [0.15, 0.2) is 6.10 Å². The van der Waals surface area contributed by atoms with Crippen molar-refractivity contribution in [1.29, 1.82) is 0 Å². The van der Waals surface area contributed by atoms with Gasteiger partial charge in [-0.15, -0.1) is 11.3 Å². The van der Waals surface area contributed by atoms with Crippen molar-refractivity contribution in [2.24, 2.45) is 0 Å². The van der Waals surface area contributed by atoms with Gasteiger partial charge in [0.1, 0.15) is 12.4 Å². The van der Waals surface area contributed by atoms with Crippen LogP contribution in [0.4, 0.5) is 0 Å². The van der Waals surface area contributed by atoms with Crippen LogP contribution in [0.15, 0.2) is 29.6 Å². The molecule has 3 rings (SSSR count). The topological polar surface area (TPSA) is 89.0 Å². The number of amides is 1. The molecular formula is C17H18N2O5S. The summed E-state index contributed by atoms with van der Waals surface area (Å²) >= 11 is 1.56. The van der Waals surface area contributed by atoms with Gasteiger partial charge >= 0.3 is 5.97 Å². The van der Waals surface area contributed by atoms with E-state index in [0.29, 0.717) is 24.5 Å². The summed E-state index contributed by atoms with van der Waals surface area (Å²) in [6.45, 7) is 2.88. The van der Waals surface area contributed by atoms with Crippen molar-refractivity contribution in [1.82, 2.24) is 9.88 Å². The molecule has 2 heterocycles. The fraction of sp³-hybridized carbons (Fsp3) is 0.353. The number of carbonyl (C=O) groups excluding carboxylic acids is 1. The summed E-state index contributed by atoms with van der Waals surface area (Å²) in [5.41, 5.74) is 1.30. The highest BCUT2D eigenvalue weighted by Crippen LogP contribution is 2.18. The summed E-state index contributed by atoms with van der Waals surface area (Å²) in [4.78, 5) is 29.5. The molecule has 0 spiro atoms. The molecule has 1 aliphatic heterocycles. The maximum atomic E-state index is 12.6. The molecule has 1 atom stereocenters. The number of hydrogen-bond acceptors (Lipinski definition) is 6. The van der Waals surface area contributed by atoms with E-state index in [9.17, 15) is 9.59 Å². The van der Waals surface area contributed by atoms with Crippen LogP contribution in [0.3, 0.4) is 0 Å². The third kappa shape index (κ3) is 4.34. The molecule has 132 valence electrons. The third-order valence-corrected chi connectivity index (χ3v) is 4.59. The van der Waals surface area contributed by atoms with Gasteiger partial charge in [0.05, 0.1) is 23.9 Å². The standard InChI is InChI=1S/C17H18N2O5S/c1-11-18-13(10-25-11)9-24-14-4-2-3-12(7-14)16(20)19-5-6-23-15(8-19)17(21)22/h2-4,7,10,15H,5-6,8-9H2,1H3,(H,21,22)/t15-/m1/s1. The number of carbonyl (C=O) groups is 2. The summed E-state index contributed by atoms with van der Waals surface area (Å²) in [5, 5.41) is 12.0. The van der Waals surface area contributed by atoms with Crippen LogP contribution in [-0.2, 0) is 16.1 Å². The van der Waals surface area contributed by atoms with Gasteiger partial charge in [-0.05, 0) is 25.1 Å². The number of nitrogens with zero attached hydrogens (tertiary/aromatic N) is 2. The number of benzene rings is 1. The molecule has 0 radical (unpaired) electrons. The lowest BCUT2D eigenvalue weighted by Gasteiger charge is -2.31. The highest BCUT2D eigenvalue weighted by Gasteiger charge is 2.29. The van der Waals surface area contributed by atoms with Crippen molar-refractivity contribution in [2.45, 2.75) is 19.6 Å². The van der Waals surface area contributed by atoms with Crippen molar-refractivity contribution >= 4 is 23.2 Å². The normalized spacial score (nSPS) is 17.3. The molecule has 7 nitrogen and oxygen atoms in total. The Morgan fingerprint density at radius 2 is 2.32 bits per heavy atom. The van der Waals surface area contributed by atoms with Crippen LogP contribution in [0, 0.1) is 6.92 Å². The lowest BCUT2D eigenvalue weighted by Crippen LogP contribution is -2.48. The quantitative estimate of drug-likeness (QED) is 0.875. The highest BCUT2D eigenvalue weighted by molar-refractivity contribution is 7.09. The summed E-state index contributed by atoms with van der Waals surface area (Å²) in [7, 11) is 0. The molecular weight excluding hydrogens is 344 g/mol. The Morgan fingerprint density at radius 1 is 1.48 bits per heavy atom. The average molecular weight is 362 g/mol. The van der Waals surface area contributed by atoms with Crippen molar-refractivity contribution in [3.8, 4) is 5.75 Å². The fourth-order valence-corrected chi connectivity index (χ4v) is 3.11. The number of aliphatic carboxylic acids is 1. The SMILES string of the molecule is Cc1nc(COc2cccc(C(=O)N3CCO[C@@H](C(=O)O)C3)c2)cs1. The van der Waals surface area contributed by atoms with Gasteiger partial charge in [-0.25, -0.2) is 9.78 Å². The van der Waals surface area contributed by atoms with E-state index in [1.54, 1.807) is 35.6 Å². The maximum absolute atomic E-state index is 12.6. The summed E-state index contributed by atoms with van der Waals surface area (Å²) < 4.78 is 10.8. The van der Waals surface area contributed by atoms with E-state index >= 15 is 0 Å². The number of carboxylic acids is 1. The summed E-state index contributed by atoms with van der Waals surface area (Å²) in [6.07, 6.45) is -0.981. The van der Waals surface area contributed by atoms with Gasteiger partial charge in [0, 0.05) is 17.5 Å². The molecule has 0 bridgehead atoms. The predicted octanol–water partition coefficient (Wildman–Crippen LogP) is 1.96. The van der Waals surface area contributed by atoms with Crippen LogP contribution < -0.4 is 4.74 Å². The lowest BCUT2D eigenvalue weighted by molar-refractivity contribution is -0.154. The second-order valence-corrected chi connectivity index (χ2v) is 6.69. The number of aromatic nitrogens is 1. The van der Waals surface area contributed by atoms with E-state index in [-0.39, 0.29) is 19.1 Å². The van der Waals surface area contributed by atoms with E-state index in [1.165, 1.54) is 4.90 Å². The molecule has 1 amide bonds. The van der Waals surface area contributed by atoms with Crippen molar-refractivity contribution in [3.05, 3.63) is 45.9 Å². The average Bonchev–Trinajstić information content (AvgIpc) is 3.05. The maximum Gasteiger partial charge on any atom is 0.334 e. The number of carboxylic acid groups (broad SMARTS) is 1. The highest BCUT2D eigenvalue weighted by atomic mass is 32.1. The zero-order valence-corrected chi connectivity index (χ0v) is 14.5. The van der Waals surface area contributed by atoms with Gasteiger partial charge in [0.25, 0.3) is 5.91 Å². The number of hydrogen-bond donors (Lipinski definition) is 1. The van der Waals surface area contributed by atoms with Crippen molar-refractivity contribution < 1.29 is 24.2 Å². The molecule has 1 aromatic heterocycles. The monoisotopic (exact) mass is 362 g/mol. The van der Waals surface area contributed by atoms with E-state index in [0.717, 1.165) is 10.7 Å². The molecule has 0 saturated carbocycles. The van der Waals surface area contributed by atoms with E-state index in [4.69, 9.17) is 14.6 Å². The van der Waals surface area contributed by atoms with Crippen LogP contribution >= 0.6 is 11.3 Å². The first-order valence-corrected chi connectivity index (χ1v) is 8.68. The number of aryl methyl sites for hydroxylation is 1. The molecule has 25 heavy (non-hydrogen) atoms. The van der Waals surface area contributed by atoms with Crippen molar-refractivity contribution in [2.75, 3.05) is 19.7 Å². The van der Waals surface area contributed by atoms with Gasteiger partial charge in [0.2, 0.25) is 0 Å². The Bertz CT molecular complexity index is 776. The molecule has 1 aromatic carbocycles. The molecule has 8 heteroatoms. The van der Waals surface area contributed by atoms with Crippen molar-refractivity contribution in [3.63, 3.8) is 0 Å². The molecule has 1 fully saturated rings. The first-order valence-electron chi connectivity index (χ1n) is 7.80. The minimum absolute atomic E-state index is 0.0390. The zero-order valence-electron chi connectivity index (χ0n) is 13.7. The number of ether oxygens (including phenoxy) is 2. The molecule has 0 unspecified atom stereocenters. The van der Waals surface area contributed by atoms with Gasteiger partial charge in [-0.3, -0.25) is 4.79 Å². The van der Waals surface area contributed by atoms with Crippen LogP contribution in [-0.4, -0.2) is 52.7 Å². The Hall–Kier alpha value is -2.45. The molecule has 1 N–H and O–H groups in total. The minimum Gasteiger partial charge on any atom is -0.487 e. The number of thiazole rings is 1. The third-order valence-electron chi connectivity index (χ3n) is 3.76. The first-order chi connectivity index (χ1) is 12.0. The Labute approximate surface area is 148 Å². The fourth-order valence-electron chi connectivity index (χ4n) is 2.52. The Morgan fingerprint density at radius 3 is 3.04 bits per heavy atom. The number of rotatable bonds is 5. The van der Waals surface area contributed by atoms with E-state index in [2.05, 4.69) is 4.98 Å². The van der Waals surface area contributed by atoms with Crippen LogP contribution in [0.25, 0.3) is 0 Å². The summed E-state index contributed by atoms with van der Waals surface area (Å²) in [6, 6.07) is 6.86. The molecule has 0 aliphatic carbocycles. The molecule has 1 aliphatic rings. The Kier molecular flexibility index (Phi) is 5.30. The second-order valence-electron chi connectivity index (χ2n) is 5.62. The Balaban J connectivity index is 1.65. The first kappa shape index (κ1) is 17.4. The van der Waals surface area contributed by atoms with E-state index in [1.807, 2.05) is 12.3 Å². The zero-order chi connectivity index (χ0) is 17.8. The van der Waals surface area contributed by atoms with Crippen LogP contribution in [0.2, 0.25) is 0 Å². The number of morpholine rings is 1. The van der Waals surface area contributed by atoms with Gasteiger partial charge in [-0.2, -0.15) is 0 Å². The van der Waals surface area contributed by atoms with E-state index < -0.39 is 12.1 Å². The van der Waals surface area contributed by atoms with Gasteiger partial charge < -0.3 is 19.5 Å².